The van der Waals surface area contributed by atoms with E-state index in [1.807, 2.05) is 32.2 Å². The Kier molecular flexibility index (Phi) is 5.58. The van der Waals surface area contributed by atoms with Gasteiger partial charge in [-0.2, -0.15) is 0 Å². The zero-order chi connectivity index (χ0) is 18.5. The third kappa shape index (κ3) is 4.23. The average molecular weight is 354 g/mol. The number of nitrogens with zero attached hydrogens (tertiary/aromatic N) is 2. The highest BCUT2D eigenvalue weighted by atomic mass is 16.5. The molecule has 0 aromatic rings. The summed E-state index contributed by atoms with van der Waals surface area (Å²) in [7, 11) is 0. The van der Waals surface area contributed by atoms with Crippen LogP contribution in [0.1, 0.15) is 13.8 Å². The van der Waals surface area contributed by atoms with Gasteiger partial charge in [-0.05, 0) is 35.8 Å². The summed E-state index contributed by atoms with van der Waals surface area (Å²) in [5, 5.41) is 14.1. The molecule has 3 heterocycles. The van der Waals surface area contributed by atoms with Crippen LogP contribution < -0.4 is 16.4 Å². The molecule has 3 aliphatic rings. The lowest BCUT2D eigenvalue weighted by Crippen LogP contribution is -2.37. The lowest BCUT2D eigenvalue weighted by Gasteiger charge is -2.32. The first kappa shape index (κ1) is 18.0. The predicted octanol–water partition coefficient (Wildman–Crippen LogP) is 1.56. The summed E-state index contributed by atoms with van der Waals surface area (Å²) in [5.41, 5.74) is 9.95. The van der Waals surface area contributed by atoms with Gasteiger partial charge >= 0.3 is 0 Å². The molecule has 0 aliphatic carbocycles. The van der Waals surface area contributed by atoms with E-state index in [9.17, 15) is 0 Å². The Bertz CT molecular complexity index is 748. The molecule has 0 saturated carbocycles. The third-order valence-electron chi connectivity index (χ3n) is 4.40. The molecule has 0 aromatic carbocycles. The first-order valence-electron chi connectivity index (χ1n) is 8.83. The van der Waals surface area contributed by atoms with Gasteiger partial charge < -0.3 is 31.4 Å². The number of rotatable bonds is 5. The van der Waals surface area contributed by atoms with Crippen molar-refractivity contribution in [2.75, 3.05) is 26.3 Å². The van der Waals surface area contributed by atoms with Crippen molar-refractivity contribution >= 4 is 12.1 Å². The second kappa shape index (κ2) is 8.05. The zero-order valence-corrected chi connectivity index (χ0v) is 15.2. The van der Waals surface area contributed by atoms with E-state index in [0.717, 1.165) is 49.0 Å². The average Bonchev–Trinajstić information content (AvgIpc) is 2.66. The summed E-state index contributed by atoms with van der Waals surface area (Å²) >= 11 is 0. The van der Waals surface area contributed by atoms with Crippen molar-refractivity contribution in [3.63, 3.8) is 0 Å². The predicted molar refractivity (Wildman–Crippen MR) is 104 cm³/mol. The first-order chi connectivity index (χ1) is 12.6. The van der Waals surface area contributed by atoms with Gasteiger partial charge in [-0.25, -0.2) is 4.99 Å². The minimum atomic E-state index is 0.229. The zero-order valence-electron chi connectivity index (χ0n) is 15.2. The van der Waals surface area contributed by atoms with Crippen LogP contribution in [0.4, 0.5) is 0 Å². The van der Waals surface area contributed by atoms with Crippen LogP contribution in [0.15, 0.2) is 64.0 Å². The molecule has 0 bridgehead atoms. The van der Waals surface area contributed by atoms with Gasteiger partial charge in [0.1, 0.15) is 11.7 Å². The fourth-order valence-corrected chi connectivity index (χ4v) is 2.87. The van der Waals surface area contributed by atoms with E-state index in [4.69, 9.17) is 15.9 Å². The van der Waals surface area contributed by atoms with E-state index < -0.39 is 0 Å². The molecule has 1 saturated heterocycles. The number of aliphatic imine (C=N–C) groups is 1. The van der Waals surface area contributed by atoms with E-state index in [-0.39, 0.29) is 5.92 Å². The molecule has 7 heteroatoms. The molecule has 0 spiro atoms. The molecule has 0 unspecified atom stereocenters. The summed E-state index contributed by atoms with van der Waals surface area (Å²) < 4.78 is 5.42. The van der Waals surface area contributed by atoms with Gasteiger partial charge in [0.15, 0.2) is 0 Å². The maximum atomic E-state index is 7.46. The van der Waals surface area contributed by atoms with Crippen molar-refractivity contribution in [3.05, 3.63) is 59.0 Å². The maximum absolute atomic E-state index is 7.46. The summed E-state index contributed by atoms with van der Waals surface area (Å²) in [6, 6.07) is 0. The number of allylic oxidation sites excluding steroid dienone is 4. The minimum absolute atomic E-state index is 0.229. The van der Waals surface area contributed by atoms with E-state index in [1.165, 1.54) is 6.21 Å². The molecule has 26 heavy (non-hydrogen) atoms. The number of fused-ring (bicyclic) bond motifs is 1. The summed E-state index contributed by atoms with van der Waals surface area (Å²) in [5.74, 6) is 1.28. The highest BCUT2D eigenvalue weighted by Crippen LogP contribution is 2.21. The van der Waals surface area contributed by atoms with Crippen LogP contribution in [-0.4, -0.2) is 43.3 Å². The standard InChI is InChI=1S/C19H26N6O/c1-13(2)14(11-20)9-18(21)24-19-4-3-16-17(23-19)10-15(12-22-16)25-5-7-26-8-6-25/h3-4,9-13,20,22-23H,5-8H2,1-2H3,(H2,21,24). The SMILES string of the molecule is CC(C)C(C=N)=CC(N)=NC1=CC=C2NC=C(N3CCOCC3)C=C2N1. The lowest BCUT2D eigenvalue weighted by atomic mass is 10.0. The number of ether oxygens (including phenoxy) is 1. The van der Waals surface area contributed by atoms with Crippen LogP contribution in [0.2, 0.25) is 0 Å². The molecule has 1 fully saturated rings. The van der Waals surface area contributed by atoms with Crippen molar-refractivity contribution in [2.24, 2.45) is 16.6 Å². The number of nitrogens with one attached hydrogen (secondary N) is 3. The number of morpholine rings is 1. The fraction of sp³-hybridized carbons (Fsp3) is 0.368. The highest BCUT2D eigenvalue weighted by molar-refractivity contribution is 5.97. The molecule has 0 amide bonds. The minimum Gasteiger partial charge on any atom is -0.384 e. The van der Waals surface area contributed by atoms with E-state index in [2.05, 4.69) is 26.6 Å². The second-order valence-corrected chi connectivity index (χ2v) is 6.61. The van der Waals surface area contributed by atoms with Crippen molar-refractivity contribution in [2.45, 2.75) is 13.8 Å². The fourth-order valence-electron chi connectivity index (χ4n) is 2.87. The molecule has 3 rings (SSSR count). The molecule has 7 nitrogen and oxygen atoms in total. The van der Waals surface area contributed by atoms with Gasteiger partial charge in [0.05, 0.1) is 30.3 Å². The van der Waals surface area contributed by atoms with Gasteiger partial charge in [0, 0.05) is 25.5 Å². The van der Waals surface area contributed by atoms with Crippen LogP contribution in [-0.2, 0) is 4.74 Å². The van der Waals surface area contributed by atoms with Crippen LogP contribution in [0.5, 0.6) is 0 Å². The Labute approximate surface area is 154 Å². The van der Waals surface area contributed by atoms with Crippen LogP contribution in [0, 0.1) is 11.3 Å². The first-order valence-corrected chi connectivity index (χ1v) is 8.83. The van der Waals surface area contributed by atoms with Crippen LogP contribution in [0.25, 0.3) is 0 Å². The van der Waals surface area contributed by atoms with Crippen LogP contribution >= 0.6 is 0 Å². The summed E-state index contributed by atoms with van der Waals surface area (Å²) in [6.45, 7) is 7.32. The van der Waals surface area contributed by atoms with Gasteiger partial charge in [0.2, 0.25) is 0 Å². The smallest absolute Gasteiger partial charge is 0.132 e. The van der Waals surface area contributed by atoms with Gasteiger partial charge in [-0.3, -0.25) is 0 Å². The Morgan fingerprint density at radius 3 is 2.77 bits per heavy atom. The highest BCUT2D eigenvalue weighted by Gasteiger charge is 2.19. The Morgan fingerprint density at radius 2 is 2.08 bits per heavy atom. The molecular formula is C19H26N6O. The Balaban J connectivity index is 1.74. The summed E-state index contributed by atoms with van der Waals surface area (Å²) in [4.78, 5) is 6.72. The molecule has 0 atom stereocenters. The van der Waals surface area contributed by atoms with E-state index in [1.54, 1.807) is 6.08 Å². The van der Waals surface area contributed by atoms with Crippen molar-refractivity contribution in [3.8, 4) is 0 Å². The van der Waals surface area contributed by atoms with E-state index in [0.29, 0.717) is 11.7 Å². The van der Waals surface area contributed by atoms with E-state index >= 15 is 0 Å². The number of amidine groups is 1. The largest absolute Gasteiger partial charge is 0.384 e. The van der Waals surface area contributed by atoms with Gasteiger partial charge in [-0.15, -0.1) is 0 Å². The number of hydrogen-bond acceptors (Lipinski definition) is 6. The van der Waals surface area contributed by atoms with Crippen molar-refractivity contribution in [1.29, 1.82) is 5.41 Å². The van der Waals surface area contributed by atoms with Crippen LogP contribution in [0.3, 0.4) is 0 Å². The normalized spacial score (nSPS) is 21.0. The van der Waals surface area contributed by atoms with Gasteiger partial charge in [0.25, 0.3) is 0 Å². The maximum Gasteiger partial charge on any atom is 0.132 e. The third-order valence-corrected chi connectivity index (χ3v) is 4.40. The molecule has 138 valence electrons. The molecule has 3 aliphatic heterocycles. The van der Waals surface area contributed by atoms with Gasteiger partial charge in [-0.1, -0.05) is 13.8 Å². The number of dihydropyridines is 2. The monoisotopic (exact) mass is 354 g/mol. The second-order valence-electron chi connectivity index (χ2n) is 6.61. The topological polar surface area (TPSA) is 98.8 Å². The van der Waals surface area contributed by atoms with Crippen molar-refractivity contribution < 1.29 is 4.74 Å². The Hall–Kier alpha value is -2.80. The molecule has 0 aromatic heterocycles. The number of nitrogens with two attached hydrogens (primary N) is 1. The quantitative estimate of drug-likeness (QED) is 0.444. The molecule has 5 N–H and O–H groups in total. The van der Waals surface area contributed by atoms with Crippen molar-refractivity contribution in [1.82, 2.24) is 15.5 Å². The lowest BCUT2D eigenvalue weighted by molar-refractivity contribution is 0.0550. The summed E-state index contributed by atoms with van der Waals surface area (Å²) in [6.07, 6.45) is 11.0. The Morgan fingerprint density at radius 1 is 1.31 bits per heavy atom. The molecular weight excluding hydrogens is 328 g/mol. The molecule has 0 radical (unpaired) electrons. The number of hydrogen-bond donors (Lipinski definition) is 4.